The molecule has 1 aromatic rings. The SMILES string of the molecule is C=CC1=C(C/C=C\C)NC(=O)C12CC(OCc1ccccc1)C2. The Morgan fingerprint density at radius 1 is 1.35 bits per heavy atom. The summed E-state index contributed by atoms with van der Waals surface area (Å²) in [4.78, 5) is 12.5. The number of benzene rings is 1. The Labute approximate surface area is 137 Å². The maximum Gasteiger partial charge on any atom is 0.235 e. The Balaban J connectivity index is 1.64. The van der Waals surface area contributed by atoms with E-state index in [1.807, 2.05) is 37.3 Å². The van der Waals surface area contributed by atoms with Gasteiger partial charge in [-0.1, -0.05) is 55.1 Å². The van der Waals surface area contributed by atoms with Gasteiger partial charge in [-0.05, 0) is 30.9 Å². The molecule has 3 heteroatoms. The van der Waals surface area contributed by atoms with E-state index in [9.17, 15) is 4.79 Å². The van der Waals surface area contributed by atoms with Crippen LogP contribution < -0.4 is 5.32 Å². The van der Waals surface area contributed by atoms with Crippen molar-refractivity contribution in [3.8, 4) is 0 Å². The summed E-state index contributed by atoms with van der Waals surface area (Å²) in [5, 5.41) is 3.04. The molecule has 0 aromatic heterocycles. The lowest BCUT2D eigenvalue weighted by molar-refractivity contribution is -0.141. The second kappa shape index (κ2) is 6.55. The van der Waals surface area contributed by atoms with Crippen molar-refractivity contribution in [3.05, 3.63) is 72.0 Å². The predicted octanol–water partition coefficient (Wildman–Crippen LogP) is 3.89. The van der Waals surface area contributed by atoms with E-state index in [1.54, 1.807) is 0 Å². The van der Waals surface area contributed by atoms with Crippen LogP contribution in [-0.4, -0.2) is 12.0 Å². The lowest BCUT2D eigenvalue weighted by atomic mass is 9.62. The van der Waals surface area contributed by atoms with Crippen molar-refractivity contribution in [3.63, 3.8) is 0 Å². The van der Waals surface area contributed by atoms with Gasteiger partial charge in [0.05, 0.1) is 18.1 Å². The van der Waals surface area contributed by atoms with Crippen LogP contribution in [0.5, 0.6) is 0 Å². The van der Waals surface area contributed by atoms with Gasteiger partial charge in [0.1, 0.15) is 0 Å². The van der Waals surface area contributed by atoms with E-state index in [0.717, 1.165) is 36.1 Å². The molecule has 0 atom stereocenters. The molecule has 1 aliphatic carbocycles. The molecule has 1 fully saturated rings. The average molecular weight is 309 g/mol. The van der Waals surface area contributed by atoms with Gasteiger partial charge in [0, 0.05) is 12.1 Å². The van der Waals surface area contributed by atoms with Crippen LogP contribution in [0.4, 0.5) is 0 Å². The van der Waals surface area contributed by atoms with E-state index in [4.69, 9.17) is 4.74 Å². The lowest BCUT2D eigenvalue weighted by Crippen LogP contribution is -2.49. The van der Waals surface area contributed by atoms with Gasteiger partial charge in [-0.3, -0.25) is 4.79 Å². The minimum absolute atomic E-state index is 0.103. The van der Waals surface area contributed by atoms with E-state index >= 15 is 0 Å². The number of carbonyl (C=O) groups is 1. The summed E-state index contributed by atoms with van der Waals surface area (Å²) in [7, 11) is 0. The third-order valence-electron chi connectivity index (χ3n) is 4.78. The van der Waals surface area contributed by atoms with Crippen LogP contribution in [0.3, 0.4) is 0 Å². The zero-order valence-electron chi connectivity index (χ0n) is 13.5. The summed E-state index contributed by atoms with van der Waals surface area (Å²) in [5.74, 6) is 0.103. The van der Waals surface area contributed by atoms with Gasteiger partial charge in [0.15, 0.2) is 0 Å². The molecule has 1 aliphatic heterocycles. The third kappa shape index (κ3) is 2.89. The molecule has 1 amide bonds. The number of ether oxygens (including phenoxy) is 1. The normalized spacial score (nSPS) is 26.7. The molecule has 0 unspecified atom stereocenters. The zero-order chi connectivity index (χ0) is 16.3. The molecule has 0 radical (unpaired) electrons. The predicted molar refractivity (Wildman–Crippen MR) is 91.5 cm³/mol. The molecule has 3 rings (SSSR count). The number of allylic oxidation sites excluding steroid dienone is 3. The molecule has 1 spiro atoms. The van der Waals surface area contributed by atoms with Crippen LogP contribution >= 0.6 is 0 Å². The third-order valence-corrected chi connectivity index (χ3v) is 4.78. The van der Waals surface area contributed by atoms with Crippen LogP contribution in [0.2, 0.25) is 0 Å². The summed E-state index contributed by atoms with van der Waals surface area (Å²) >= 11 is 0. The van der Waals surface area contributed by atoms with E-state index in [0.29, 0.717) is 6.61 Å². The fourth-order valence-corrected chi connectivity index (χ4v) is 3.48. The molecular formula is C20H23NO2. The summed E-state index contributed by atoms with van der Waals surface area (Å²) in [5.41, 5.74) is 2.79. The van der Waals surface area contributed by atoms with Crippen molar-refractivity contribution in [1.82, 2.24) is 5.32 Å². The maximum absolute atomic E-state index is 12.5. The topological polar surface area (TPSA) is 38.3 Å². The molecule has 0 bridgehead atoms. The second-order valence-electron chi connectivity index (χ2n) is 6.23. The fourth-order valence-electron chi connectivity index (χ4n) is 3.48. The monoisotopic (exact) mass is 309 g/mol. The molecule has 23 heavy (non-hydrogen) atoms. The first-order valence-electron chi connectivity index (χ1n) is 8.14. The van der Waals surface area contributed by atoms with Crippen molar-refractivity contribution in [2.24, 2.45) is 5.41 Å². The first-order valence-corrected chi connectivity index (χ1v) is 8.14. The van der Waals surface area contributed by atoms with E-state index in [1.165, 1.54) is 0 Å². The molecule has 3 nitrogen and oxygen atoms in total. The molecular weight excluding hydrogens is 286 g/mol. The number of nitrogens with one attached hydrogen (secondary N) is 1. The number of carbonyl (C=O) groups excluding carboxylic acids is 1. The Hall–Kier alpha value is -2.13. The van der Waals surface area contributed by atoms with Crippen LogP contribution in [0.25, 0.3) is 0 Å². The van der Waals surface area contributed by atoms with Crippen molar-refractivity contribution < 1.29 is 9.53 Å². The maximum atomic E-state index is 12.5. The van der Waals surface area contributed by atoms with E-state index < -0.39 is 5.41 Å². The van der Waals surface area contributed by atoms with Gasteiger partial charge in [0.2, 0.25) is 5.91 Å². The first kappa shape index (κ1) is 15.8. The quantitative estimate of drug-likeness (QED) is 0.810. The summed E-state index contributed by atoms with van der Waals surface area (Å²) < 4.78 is 5.96. The molecule has 1 aromatic carbocycles. The standard InChI is InChI=1S/C20H23NO2/c1-3-5-11-18-17(4-2)20(19(22)21-18)12-16(13-20)23-14-15-9-7-6-8-10-15/h3-10,16H,2,11-14H2,1H3,(H,21,22)/b5-3-. The Morgan fingerprint density at radius 2 is 2.09 bits per heavy atom. The fraction of sp³-hybridized carbons (Fsp3) is 0.350. The lowest BCUT2D eigenvalue weighted by Gasteiger charge is -2.43. The van der Waals surface area contributed by atoms with Crippen LogP contribution in [0.1, 0.15) is 31.7 Å². The Morgan fingerprint density at radius 3 is 2.74 bits per heavy atom. The van der Waals surface area contributed by atoms with Gasteiger partial charge in [-0.25, -0.2) is 0 Å². The van der Waals surface area contributed by atoms with Gasteiger partial charge in [-0.15, -0.1) is 0 Å². The van der Waals surface area contributed by atoms with Crippen LogP contribution in [-0.2, 0) is 16.1 Å². The van der Waals surface area contributed by atoms with Crippen LogP contribution in [0, 0.1) is 5.41 Å². The first-order chi connectivity index (χ1) is 11.2. The number of hydrogen-bond acceptors (Lipinski definition) is 2. The summed E-state index contributed by atoms with van der Waals surface area (Å²) in [6.07, 6.45) is 8.26. The summed E-state index contributed by atoms with van der Waals surface area (Å²) in [6, 6.07) is 10.1. The highest BCUT2D eigenvalue weighted by molar-refractivity contribution is 5.93. The average Bonchev–Trinajstić information content (AvgIpc) is 2.82. The van der Waals surface area contributed by atoms with E-state index in [2.05, 4.69) is 30.1 Å². The van der Waals surface area contributed by atoms with Gasteiger partial charge < -0.3 is 10.1 Å². The summed E-state index contributed by atoms with van der Waals surface area (Å²) in [6.45, 7) is 6.50. The van der Waals surface area contributed by atoms with Crippen molar-refractivity contribution in [1.29, 1.82) is 0 Å². The molecule has 120 valence electrons. The minimum atomic E-state index is -0.417. The minimum Gasteiger partial charge on any atom is -0.373 e. The highest BCUT2D eigenvalue weighted by Gasteiger charge is 2.56. The molecule has 1 N–H and O–H groups in total. The highest BCUT2D eigenvalue weighted by Crippen LogP contribution is 2.53. The van der Waals surface area contributed by atoms with Crippen molar-refractivity contribution >= 4 is 5.91 Å². The van der Waals surface area contributed by atoms with E-state index in [-0.39, 0.29) is 12.0 Å². The van der Waals surface area contributed by atoms with Crippen molar-refractivity contribution in [2.75, 3.05) is 0 Å². The number of rotatable bonds is 6. The Kier molecular flexibility index (Phi) is 4.49. The van der Waals surface area contributed by atoms with Gasteiger partial charge >= 0.3 is 0 Å². The molecule has 2 aliphatic rings. The number of amides is 1. The van der Waals surface area contributed by atoms with Gasteiger partial charge in [0.25, 0.3) is 0 Å². The van der Waals surface area contributed by atoms with Crippen molar-refractivity contribution in [2.45, 2.75) is 38.9 Å². The van der Waals surface area contributed by atoms with Crippen LogP contribution in [0.15, 0.2) is 66.4 Å². The second-order valence-corrected chi connectivity index (χ2v) is 6.23. The smallest absolute Gasteiger partial charge is 0.235 e. The molecule has 1 saturated carbocycles. The molecule has 0 saturated heterocycles. The zero-order valence-corrected chi connectivity index (χ0v) is 13.5. The molecule has 1 heterocycles. The largest absolute Gasteiger partial charge is 0.373 e. The van der Waals surface area contributed by atoms with Gasteiger partial charge in [-0.2, -0.15) is 0 Å². The Bertz CT molecular complexity index is 651. The highest BCUT2D eigenvalue weighted by atomic mass is 16.5. The number of hydrogen-bond donors (Lipinski definition) is 1.